The molecule has 0 saturated heterocycles. The summed E-state index contributed by atoms with van der Waals surface area (Å²) in [5, 5.41) is 4.12. The number of nitrogens with two attached hydrogens (primary N) is 1. The van der Waals surface area contributed by atoms with Gasteiger partial charge in [0.05, 0.1) is 0 Å². The SMILES string of the molecule is CCc1cnccc1-c1noc(C(C)CCCC(C)N)n1. The maximum Gasteiger partial charge on any atom is 0.229 e. The molecule has 0 aromatic carbocycles. The average Bonchev–Trinajstić information content (AvgIpc) is 2.96. The fraction of sp³-hybridized carbons (Fsp3) is 0.562. The molecule has 5 heteroatoms. The van der Waals surface area contributed by atoms with Crippen LogP contribution in [0.15, 0.2) is 23.0 Å². The Balaban J connectivity index is 2.07. The number of aryl methyl sites for hydroxylation is 1. The van der Waals surface area contributed by atoms with E-state index in [2.05, 4.69) is 29.0 Å². The molecule has 2 N–H and O–H groups in total. The van der Waals surface area contributed by atoms with E-state index in [0.29, 0.717) is 11.7 Å². The fourth-order valence-electron chi connectivity index (χ4n) is 2.34. The maximum absolute atomic E-state index is 5.77. The third-order valence-corrected chi connectivity index (χ3v) is 3.69. The van der Waals surface area contributed by atoms with Crippen LogP contribution in [0.25, 0.3) is 11.4 Å². The molecule has 0 aliphatic carbocycles. The van der Waals surface area contributed by atoms with Crippen LogP contribution < -0.4 is 5.73 Å². The summed E-state index contributed by atoms with van der Waals surface area (Å²) < 4.78 is 5.43. The van der Waals surface area contributed by atoms with Gasteiger partial charge < -0.3 is 10.3 Å². The van der Waals surface area contributed by atoms with Crippen LogP contribution in [-0.2, 0) is 6.42 Å². The van der Waals surface area contributed by atoms with Crippen molar-refractivity contribution >= 4 is 0 Å². The van der Waals surface area contributed by atoms with Crippen molar-refractivity contribution in [1.29, 1.82) is 0 Å². The van der Waals surface area contributed by atoms with Crippen LogP contribution in [0.4, 0.5) is 0 Å². The summed E-state index contributed by atoms with van der Waals surface area (Å²) in [4.78, 5) is 8.69. The Morgan fingerprint density at radius 2 is 2.10 bits per heavy atom. The zero-order valence-electron chi connectivity index (χ0n) is 13.0. The van der Waals surface area contributed by atoms with Crippen LogP contribution in [0.3, 0.4) is 0 Å². The summed E-state index contributed by atoms with van der Waals surface area (Å²) in [6, 6.07) is 2.19. The lowest BCUT2D eigenvalue weighted by Gasteiger charge is -2.07. The highest BCUT2D eigenvalue weighted by Gasteiger charge is 2.16. The lowest BCUT2D eigenvalue weighted by Crippen LogP contribution is -2.14. The molecule has 2 atom stereocenters. The molecule has 0 radical (unpaired) electrons. The van der Waals surface area contributed by atoms with Crippen molar-refractivity contribution in [3.8, 4) is 11.4 Å². The van der Waals surface area contributed by atoms with Crippen molar-refractivity contribution in [2.45, 2.75) is 58.4 Å². The quantitative estimate of drug-likeness (QED) is 0.845. The van der Waals surface area contributed by atoms with E-state index < -0.39 is 0 Å². The summed E-state index contributed by atoms with van der Waals surface area (Å²) >= 11 is 0. The minimum Gasteiger partial charge on any atom is -0.339 e. The molecule has 0 aliphatic rings. The summed E-state index contributed by atoms with van der Waals surface area (Å²) in [6.07, 6.45) is 7.63. The maximum atomic E-state index is 5.77. The molecule has 2 unspecified atom stereocenters. The van der Waals surface area contributed by atoms with Gasteiger partial charge in [0.25, 0.3) is 0 Å². The van der Waals surface area contributed by atoms with E-state index in [4.69, 9.17) is 10.3 Å². The van der Waals surface area contributed by atoms with Gasteiger partial charge in [-0.25, -0.2) is 0 Å². The van der Waals surface area contributed by atoms with Crippen LogP contribution in [0.1, 0.15) is 57.4 Å². The average molecular weight is 288 g/mol. The number of hydrogen-bond donors (Lipinski definition) is 1. The van der Waals surface area contributed by atoms with Crippen molar-refractivity contribution in [2.24, 2.45) is 5.73 Å². The molecule has 114 valence electrons. The van der Waals surface area contributed by atoms with Gasteiger partial charge in [-0.2, -0.15) is 4.98 Å². The number of rotatable bonds is 7. The topological polar surface area (TPSA) is 77.8 Å². The summed E-state index contributed by atoms with van der Waals surface area (Å²) in [7, 11) is 0. The molecule has 0 bridgehead atoms. The summed E-state index contributed by atoms with van der Waals surface area (Å²) in [5.41, 5.74) is 7.91. The first kappa shape index (κ1) is 15.6. The van der Waals surface area contributed by atoms with Gasteiger partial charge in [-0.1, -0.05) is 25.4 Å². The highest BCUT2D eigenvalue weighted by atomic mass is 16.5. The normalized spacial score (nSPS) is 14.1. The van der Waals surface area contributed by atoms with Crippen LogP contribution in [0.5, 0.6) is 0 Å². The zero-order valence-corrected chi connectivity index (χ0v) is 13.0. The number of nitrogens with zero attached hydrogens (tertiary/aromatic N) is 3. The fourth-order valence-corrected chi connectivity index (χ4v) is 2.34. The second-order valence-corrected chi connectivity index (χ2v) is 5.65. The second-order valence-electron chi connectivity index (χ2n) is 5.65. The molecule has 2 heterocycles. The van der Waals surface area contributed by atoms with Gasteiger partial charge in [0.2, 0.25) is 11.7 Å². The van der Waals surface area contributed by atoms with Crippen molar-refractivity contribution in [3.05, 3.63) is 29.9 Å². The molecule has 2 aromatic heterocycles. The van der Waals surface area contributed by atoms with E-state index in [1.807, 2.05) is 19.2 Å². The van der Waals surface area contributed by atoms with Gasteiger partial charge in [0.15, 0.2) is 0 Å². The first-order chi connectivity index (χ1) is 10.1. The smallest absolute Gasteiger partial charge is 0.229 e. The van der Waals surface area contributed by atoms with Gasteiger partial charge in [-0.3, -0.25) is 4.98 Å². The first-order valence-electron chi connectivity index (χ1n) is 7.64. The predicted octanol–water partition coefficient (Wildman–Crippen LogP) is 3.32. The largest absolute Gasteiger partial charge is 0.339 e. The number of pyridine rings is 1. The van der Waals surface area contributed by atoms with E-state index in [1.54, 1.807) is 6.20 Å². The van der Waals surface area contributed by atoms with Crippen LogP contribution >= 0.6 is 0 Å². The van der Waals surface area contributed by atoms with Crippen molar-refractivity contribution in [1.82, 2.24) is 15.1 Å². The summed E-state index contributed by atoms with van der Waals surface area (Å²) in [6.45, 7) is 6.25. The summed E-state index contributed by atoms with van der Waals surface area (Å²) in [5.74, 6) is 1.62. The Kier molecular flexibility index (Phi) is 5.44. The third-order valence-electron chi connectivity index (χ3n) is 3.69. The molecule has 0 amide bonds. The molecular formula is C16H24N4O. The van der Waals surface area contributed by atoms with E-state index in [0.717, 1.165) is 36.8 Å². The highest BCUT2D eigenvalue weighted by Crippen LogP contribution is 2.25. The van der Waals surface area contributed by atoms with E-state index in [1.165, 1.54) is 0 Å². The van der Waals surface area contributed by atoms with Gasteiger partial charge in [-0.15, -0.1) is 0 Å². The predicted molar refractivity (Wildman–Crippen MR) is 82.8 cm³/mol. The standard InChI is InChI=1S/C16H24N4O/c1-4-13-10-18-9-8-14(13)15-19-16(21-20-15)11(2)6-5-7-12(3)17/h8-12H,4-7,17H2,1-3H3. The number of aromatic nitrogens is 3. The minimum atomic E-state index is 0.249. The van der Waals surface area contributed by atoms with Gasteiger partial charge >= 0.3 is 0 Å². The Hall–Kier alpha value is -1.75. The van der Waals surface area contributed by atoms with Crippen LogP contribution in [0.2, 0.25) is 0 Å². The first-order valence-corrected chi connectivity index (χ1v) is 7.64. The Morgan fingerprint density at radius 1 is 1.29 bits per heavy atom. The van der Waals surface area contributed by atoms with E-state index in [-0.39, 0.29) is 12.0 Å². The molecule has 0 saturated carbocycles. The van der Waals surface area contributed by atoms with E-state index >= 15 is 0 Å². The molecule has 2 aromatic rings. The van der Waals surface area contributed by atoms with Crippen LogP contribution in [-0.4, -0.2) is 21.2 Å². The Morgan fingerprint density at radius 3 is 2.81 bits per heavy atom. The third kappa shape index (κ3) is 4.11. The molecule has 2 rings (SSSR count). The van der Waals surface area contributed by atoms with Crippen molar-refractivity contribution in [2.75, 3.05) is 0 Å². The van der Waals surface area contributed by atoms with Crippen molar-refractivity contribution < 1.29 is 4.52 Å². The second kappa shape index (κ2) is 7.31. The van der Waals surface area contributed by atoms with E-state index in [9.17, 15) is 0 Å². The lowest BCUT2D eigenvalue weighted by atomic mass is 10.0. The number of hydrogen-bond acceptors (Lipinski definition) is 5. The molecule has 0 aliphatic heterocycles. The van der Waals surface area contributed by atoms with Gasteiger partial charge in [-0.05, 0) is 37.8 Å². The Labute approximate surface area is 126 Å². The highest BCUT2D eigenvalue weighted by molar-refractivity contribution is 5.58. The molecular weight excluding hydrogens is 264 g/mol. The molecule has 21 heavy (non-hydrogen) atoms. The van der Waals surface area contributed by atoms with Gasteiger partial charge in [0.1, 0.15) is 0 Å². The molecule has 0 fully saturated rings. The monoisotopic (exact) mass is 288 g/mol. The molecule has 0 spiro atoms. The molecule has 5 nitrogen and oxygen atoms in total. The van der Waals surface area contributed by atoms with Crippen LogP contribution in [0, 0.1) is 0 Å². The van der Waals surface area contributed by atoms with Crippen molar-refractivity contribution in [3.63, 3.8) is 0 Å². The minimum absolute atomic E-state index is 0.249. The zero-order chi connectivity index (χ0) is 15.2. The van der Waals surface area contributed by atoms with Gasteiger partial charge in [0, 0.05) is 29.9 Å². The Bertz CT molecular complexity index is 565. The lowest BCUT2D eigenvalue weighted by molar-refractivity contribution is 0.350.